The number of hydrogen-bond acceptors (Lipinski definition) is 3. The van der Waals surface area contributed by atoms with E-state index in [1.54, 1.807) is 0 Å². The first-order valence-corrected chi connectivity index (χ1v) is 14.1. The lowest BCUT2D eigenvalue weighted by Gasteiger charge is -2.13. The minimum atomic E-state index is 0.962. The Bertz CT molecular complexity index is 348. The smallest absolute Gasteiger partial charge is 0.0675 e. The molecule has 29 heavy (non-hydrogen) atoms. The molecule has 0 aliphatic carbocycles. The highest BCUT2D eigenvalue weighted by molar-refractivity contribution is 8.02. The number of rotatable bonds is 23. The summed E-state index contributed by atoms with van der Waals surface area (Å²) < 4.78 is 5.79. The van der Waals surface area contributed by atoms with Crippen LogP contribution in [0.3, 0.4) is 0 Å². The fraction of sp³-hybridized carbons (Fsp3) is 0.923. The van der Waals surface area contributed by atoms with Gasteiger partial charge in [-0.1, -0.05) is 103 Å². The van der Waals surface area contributed by atoms with Crippen molar-refractivity contribution >= 4 is 11.8 Å². The third-order valence-corrected chi connectivity index (χ3v) is 6.78. The SMILES string of the molecule is CCCCCCCCCCCCCCCCCCOCCCCCN1C=CSC1. The van der Waals surface area contributed by atoms with Gasteiger partial charge in [0.15, 0.2) is 0 Å². The molecule has 0 aromatic heterocycles. The van der Waals surface area contributed by atoms with Gasteiger partial charge < -0.3 is 9.64 Å². The van der Waals surface area contributed by atoms with Crippen LogP contribution in [0.2, 0.25) is 0 Å². The molecular weight excluding hydrogens is 374 g/mol. The van der Waals surface area contributed by atoms with Gasteiger partial charge in [0, 0.05) is 26.0 Å². The quantitative estimate of drug-likeness (QED) is 0.152. The molecule has 0 saturated carbocycles. The van der Waals surface area contributed by atoms with E-state index in [1.807, 2.05) is 11.8 Å². The normalized spacial score (nSPS) is 13.6. The standard InChI is InChI=1S/C26H51NOS/c1-2-3-4-5-6-7-8-9-10-11-12-13-14-15-16-19-23-28-24-20-17-18-21-27-22-25-29-26-27/h22,25H,2-21,23-24,26H2,1H3. The van der Waals surface area contributed by atoms with E-state index >= 15 is 0 Å². The van der Waals surface area contributed by atoms with Crippen molar-refractivity contribution in [3.63, 3.8) is 0 Å². The maximum atomic E-state index is 5.79. The molecular formula is C26H51NOS. The zero-order chi connectivity index (χ0) is 20.7. The van der Waals surface area contributed by atoms with Crippen molar-refractivity contribution in [2.45, 2.75) is 129 Å². The monoisotopic (exact) mass is 425 g/mol. The first-order chi connectivity index (χ1) is 14.4. The Balaban J connectivity index is 1.62. The van der Waals surface area contributed by atoms with Crippen LogP contribution in [0.4, 0.5) is 0 Å². The van der Waals surface area contributed by atoms with Gasteiger partial charge >= 0.3 is 0 Å². The highest BCUT2D eigenvalue weighted by Crippen LogP contribution is 2.16. The minimum absolute atomic E-state index is 0.962. The third-order valence-electron chi connectivity index (χ3n) is 5.98. The van der Waals surface area contributed by atoms with E-state index in [4.69, 9.17) is 4.74 Å². The molecule has 0 spiro atoms. The minimum Gasteiger partial charge on any atom is -0.381 e. The molecule has 2 nitrogen and oxygen atoms in total. The summed E-state index contributed by atoms with van der Waals surface area (Å²) in [5.41, 5.74) is 0. The first kappa shape index (κ1) is 26.9. The molecule has 1 heterocycles. The topological polar surface area (TPSA) is 12.5 Å². The first-order valence-electron chi connectivity index (χ1n) is 13.0. The fourth-order valence-electron chi connectivity index (χ4n) is 4.00. The predicted molar refractivity (Wildman–Crippen MR) is 133 cm³/mol. The van der Waals surface area contributed by atoms with Crippen molar-refractivity contribution in [3.05, 3.63) is 11.6 Å². The van der Waals surface area contributed by atoms with Crippen LogP contribution in [-0.4, -0.2) is 30.5 Å². The van der Waals surface area contributed by atoms with Crippen LogP contribution < -0.4 is 0 Å². The molecule has 0 bridgehead atoms. The summed E-state index contributed by atoms with van der Waals surface area (Å²) in [6.07, 6.45) is 29.0. The molecule has 0 saturated heterocycles. The summed E-state index contributed by atoms with van der Waals surface area (Å²) in [7, 11) is 0. The summed E-state index contributed by atoms with van der Waals surface area (Å²) in [6.45, 7) is 5.45. The second kappa shape index (κ2) is 22.5. The van der Waals surface area contributed by atoms with Crippen LogP contribution in [0.5, 0.6) is 0 Å². The number of ether oxygens (including phenoxy) is 1. The molecule has 0 radical (unpaired) electrons. The Labute approximate surface area is 187 Å². The van der Waals surface area contributed by atoms with Crippen LogP contribution >= 0.6 is 11.8 Å². The van der Waals surface area contributed by atoms with Gasteiger partial charge in [-0.05, 0) is 31.1 Å². The Morgan fingerprint density at radius 3 is 1.52 bits per heavy atom. The Morgan fingerprint density at radius 1 is 0.621 bits per heavy atom. The molecule has 1 aliphatic heterocycles. The second-order valence-corrected chi connectivity index (χ2v) is 9.73. The lowest BCUT2D eigenvalue weighted by atomic mass is 10.0. The van der Waals surface area contributed by atoms with Gasteiger partial charge in [-0.25, -0.2) is 0 Å². The van der Waals surface area contributed by atoms with Crippen molar-refractivity contribution in [1.82, 2.24) is 4.90 Å². The van der Waals surface area contributed by atoms with Crippen molar-refractivity contribution in [2.75, 3.05) is 25.6 Å². The average molecular weight is 426 g/mol. The molecule has 0 atom stereocenters. The predicted octanol–water partition coefficient (Wildman–Crippen LogP) is 8.91. The summed E-state index contributed by atoms with van der Waals surface area (Å²) >= 11 is 1.90. The molecule has 0 amide bonds. The van der Waals surface area contributed by atoms with E-state index in [0.29, 0.717) is 0 Å². The van der Waals surface area contributed by atoms with Crippen LogP contribution in [-0.2, 0) is 4.74 Å². The van der Waals surface area contributed by atoms with Crippen LogP contribution in [0.1, 0.15) is 129 Å². The van der Waals surface area contributed by atoms with Crippen molar-refractivity contribution < 1.29 is 4.74 Å². The van der Waals surface area contributed by atoms with Gasteiger partial charge in [-0.3, -0.25) is 0 Å². The maximum absolute atomic E-state index is 5.79. The van der Waals surface area contributed by atoms with Gasteiger partial charge in [-0.2, -0.15) is 0 Å². The van der Waals surface area contributed by atoms with Gasteiger partial charge in [-0.15, -0.1) is 11.8 Å². The van der Waals surface area contributed by atoms with E-state index in [2.05, 4.69) is 23.4 Å². The summed E-state index contributed by atoms with van der Waals surface area (Å²) in [5, 5.41) is 2.20. The van der Waals surface area contributed by atoms with Gasteiger partial charge in [0.25, 0.3) is 0 Å². The molecule has 0 unspecified atom stereocenters. The Morgan fingerprint density at radius 2 is 1.07 bits per heavy atom. The van der Waals surface area contributed by atoms with Crippen molar-refractivity contribution in [3.8, 4) is 0 Å². The molecule has 0 aromatic rings. The molecule has 3 heteroatoms. The molecule has 172 valence electrons. The number of unbranched alkanes of at least 4 members (excludes halogenated alkanes) is 17. The van der Waals surface area contributed by atoms with Gasteiger partial charge in [0.05, 0.1) is 5.88 Å². The third kappa shape index (κ3) is 19.6. The van der Waals surface area contributed by atoms with E-state index < -0.39 is 0 Å². The van der Waals surface area contributed by atoms with Gasteiger partial charge in [0.1, 0.15) is 0 Å². The van der Waals surface area contributed by atoms with Crippen LogP contribution in [0, 0.1) is 0 Å². The highest BCUT2D eigenvalue weighted by atomic mass is 32.2. The summed E-state index contributed by atoms with van der Waals surface area (Å²) in [5.74, 6) is 1.15. The number of hydrogen-bond donors (Lipinski definition) is 0. The van der Waals surface area contributed by atoms with Gasteiger partial charge in [0.2, 0.25) is 0 Å². The number of thioether (sulfide) groups is 1. The highest BCUT2D eigenvalue weighted by Gasteiger charge is 2.03. The summed E-state index contributed by atoms with van der Waals surface area (Å²) in [6, 6.07) is 0. The molecule has 1 rings (SSSR count). The van der Waals surface area contributed by atoms with Crippen molar-refractivity contribution in [2.24, 2.45) is 0 Å². The molecule has 0 aromatic carbocycles. The fourth-order valence-corrected chi connectivity index (χ4v) is 4.75. The van der Waals surface area contributed by atoms with E-state index in [0.717, 1.165) is 19.1 Å². The zero-order valence-electron chi connectivity index (χ0n) is 19.7. The molecule has 0 fully saturated rings. The van der Waals surface area contributed by atoms with Crippen LogP contribution in [0.25, 0.3) is 0 Å². The zero-order valence-corrected chi connectivity index (χ0v) is 20.5. The van der Waals surface area contributed by atoms with E-state index in [1.165, 1.54) is 129 Å². The Kier molecular flexibility index (Phi) is 20.9. The van der Waals surface area contributed by atoms with Crippen LogP contribution in [0.15, 0.2) is 11.6 Å². The Hall–Kier alpha value is -0.150. The maximum Gasteiger partial charge on any atom is 0.0675 e. The molecule has 0 N–H and O–H groups in total. The van der Waals surface area contributed by atoms with Crippen molar-refractivity contribution in [1.29, 1.82) is 0 Å². The van der Waals surface area contributed by atoms with E-state index in [-0.39, 0.29) is 0 Å². The summed E-state index contributed by atoms with van der Waals surface area (Å²) in [4.78, 5) is 2.40. The lowest BCUT2D eigenvalue weighted by molar-refractivity contribution is 0.125. The largest absolute Gasteiger partial charge is 0.381 e. The van der Waals surface area contributed by atoms with E-state index in [9.17, 15) is 0 Å². The number of nitrogens with zero attached hydrogens (tertiary/aromatic N) is 1. The molecule has 1 aliphatic rings. The average Bonchev–Trinajstić information content (AvgIpc) is 3.25. The second-order valence-electron chi connectivity index (χ2n) is 8.87. The lowest BCUT2D eigenvalue weighted by Crippen LogP contribution is -2.14.